The lowest BCUT2D eigenvalue weighted by atomic mass is 9.96. The van der Waals surface area contributed by atoms with Crippen molar-refractivity contribution in [1.29, 1.82) is 0 Å². The Morgan fingerprint density at radius 3 is 2.32 bits per heavy atom. The molecule has 1 heterocycles. The number of aryl methyl sites for hydroxylation is 1. The molecule has 6 heteroatoms. The van der Waals surface area contributed by atoms with Gasteiger partial charge in [0.1, 0.15) is 0 Å². The number of benzene rings is 2. The third kappa shape index (κ3) is 3.71. The molecule has 0 radical (unpaired) electrons. The van der Waals surface area contributed by atoms with Crippen LogP contribution in [0.4, 0.5) is 0 Å². The Morgan fingerprint density at radius 1 is 1.04 bits per heavy atom. The van der Waals surface area contributed by atoms with E-state index in [0.717, 1.165) is 10.0 Å². The van der Waals surface area contributed by atoms with E-state index in [-0.39, 0.29) is 5.56 Å². The van der Waals surface area contributed by atoms with Crippen molar-refractivity contribution in [2.24, 2.45) is 0 Å². The van der Waals surface area contributed by atoms with Crippen molar-refractivity contribution in [3.8, 4) is 22.4 Å². The molecule has 0 unspecified atom stereocenters. The largest absolute Gasteiger partial charge is 0.478 e. The first-order valence-electron chi connectivity index (χ1n) is 7.33. The molecule has 2 aromatic carbocycles. The minimum atomic E-state index is -1.03. The van der Waals surface area contributed by atoms with Gasteiger partial charge in [-0.3, -0.25) is 4.98 Å². The monoisotopic (exact) mass is 435 g/mol. The van der Waals surface area contributed by atoms with E-state index in [1.807, 2.05) is 24.3 Å². The smallest absolute Gasteiger partial charge is 0.337 e. The van der Waals surface area contributed by atoms with Gasteiger partial charge in [0.2, 0.25) is 0 Å². The fraction of sp³-hybridized carbons (Fsp3) is 0.0526. The highest BCUT2D eigenvalue weighted by Gasteiger charge is 2.18. The zero-order valence-electron chi connectivity index (χ0n) is 13.1. The second kappa shape index (κ2) is 7.16. The lowest BCUT2D eigenvalue weighted by Gasteiger charge is -2.14. The highest BCUT2D eigenvalue weighted by Crippen LogP contribution is 2.37. The summed E-state index contributed by atoms with van der Waals surface area (Å²) in [5, 5.41) is 10.4. The fourth-order valence-corrected chi connectivity index (χ4v) is 3.34. The van der Waals surface area contributed by atoms with Crippen molar-refractivity contribution < 1.29 is 9.90 Å². The molecule has 0 atom stereocenters. The Labute approximate surface area is 163 Å². The second-order valence-corrected chi connectivity index (χ2v) is 7.21. The van der Waals surface area contributed by atoms with E-state index in [1.165, 1.54) is 0 Å². The Balaban J connectivity index is 2.31. The predicted octanol–water partition coefficient (Wildman–Crippen LogP) is 6.49. The molecule has 0 fully saturated rings. The maximum Gasteiger partial charge on any atom is 0.337 e. The van der Waals surface area contributed by atoms with Crippen LogP contribution in [-0.2, 0) is 0 Å². The molecule has 3 nitrogen and oxygen atoms in total. The van der Waals surface area contributed by atoms with E-state index >= 15 is 0 Å². The molecule has 1 N–H and O–H groups in total. The Bertz CT molecular complexity index is 972. The normalized spacial score (nSPS) is 10.7. The summed E-state index contributed by atoms with van der Waals surface area (Å²) in [4.78, 5) is 16.1. The molecule has 0 aliphatic rings. The zero-order valence-corrected chi connectivity index (χ0v) is 16.2. The number of pyridine rings is 1. The summed E-state index contributed by atoms with van der Waals surface area (Å²) in [7, 11) is 0. The lowest BCUT2D eigenvalue weighted by Crippen LogP contribution is -2.04. The van der Waals surface area contributed by atoms with Gasteiger partial charge in [0.25, 0.3) is 0 Å². The van der Waals surface area contributed by atoms with Crippen LogP contribution in [-0.4, -0.2) is 16.1 Å². The molecule has 25 heavy (non-hydrogen) atoms. The number of aromatic carboxylic acids is 1. The molecular formula is C19H12BrCl2NO2. The van der Waals surface area contributed by atoms with Gasteiger partial charge >= 0.3 is 5.97 Å². The van der Waals surface area contributed by atoms with Crippen molar-refractivity contribution in [2.75, 3.05) is 0 Å². The first kappa shape index (κ1) is 17.9. The maximum atomic E-state index is 11.5. The molecule has 0 spiro atoms. The lowest BCUT2D eigenvalue weighted by molar-refractivity contribution is 0.0695. The van der Waals surface area contributed by atoms with Crippen LogP contribution in [0.5, 0.6) is 0 Å². The van der Waals surface area contributed by atoms with Crippen LogP contribution in [0, 0.1) is 6.92 Å². The number of carboxylic acids is 1. The van der Waals surface area contributed by atoms with Crippen molar-refractivity contribution in [3.63, 3.8) is 0 Å². The summed E-state index contributed by atoms with van der Waals surface area (Å²) < 4.78 is 0.946. The van der Waals surface area contributed by atoms with Crippen LogP contribution in [0.3, 0.4) is 0 Å². The second-order valence-electron chi connectivity index (χ2n) is 5.45. The predicted molar refractivity (Wildman–Crippen MR) is 105 cm³/mol. The number of hydrogen-bond donors (Lipinski definition) is 1. The Hall–Kier alpha value is -1.88. The topological polar surface area (TPSA) is 50.2 Å². The quantitative estimate of drug-likeness (QED) is 0.510. The van der Waals surface area contributed by atoms with Crippen LogP contribution < -0.4 is 0 Å². The third-order valence-corrected chi connectivity index (χ3v) is 4.86. The van der Waals surface area contributed by atoms with E-state index < -0.39 is 5.97 Å². The number of hydrogen-bond acceptors (Lipinski definition) is 2. The van der Waals surface area contributed by atoms with Gasteiger partial charge in [0.15, 0.2) is 0 Å². The highest BCUT2D eigenvalue weighted by molar-refractivity contribution is 9.10. The van der Waals surface area contributed by atoms with E-state index in [0.29, 0.717) is 32.6 Å². The summed E-state index contributed by atoms with van der Waals surface area (Å²) >= 11 is 15.8. The summed E-state index contributed by atoms with van der Waals surface area (Å²) in [5.74, 6) is -1.03. The van der Waals surface area contributed by atoms with Gasteiger partial charge in [-0.25, -0.2) is 4.79 Å². The summed E-state index contributed by atoms with van der Waals surface area (Å²) in [6.45, 7) is 1.68. The molecule has 0 amide bonds. The van der Waals surface area contributed by atoms with Crippen LogP contribution in [0.2, 0.25) is 10.0 Å². The van der Waals surface area contributed by atoms with Crippen molar-refractivity contribution in [1.82, 2.24) is 4.98 Å². The van der Waals surface area contributed by atoms with Gasteiger partial charge in [0.05, 0.1) is 17.0 Å². The molecular weight excluding hydrogens is 425 g/mol. The molecule has 0 bridgehead atoms. The zero-order chi connectivity index (χ0) is 18.1. The van der Waals surface area contributed by atoms with Crippen LogP contribution in [0.1, 0.15) is 16.1 Å². The molecule has 1 aromatic heterocycles. The summed E-state index contributed by atoms with van der Waals surface area (Å²) in [5.41, 5.74) is 3.44. The minimum absolute atomic E-state index is 0.141. The summed E-state index contributed by atoms with van der Waals surface area (Å²) in [6, 6.07) is 14.4. The Kier molecular flexibility index (Phi) is 5.13. The number of rotatable bonds is 3. The molecule has 0 saturated carbocycles. The van der Waals surface area contributed by atoms with E-state index in [9.17, 15) is 9.90 Å². The fourth-order valence-electron chi connectivity index (χ4n) is 2.56. The SMILES string of the molecule is Cc1nc(-c2ccc(Br)cc2)c(-c2ccc(Cl)cc2Cl)cc1C(=O)O. The molecule has 0 aliphatic carbocycles. The maximum absolute atomic E-state index is 11.5. The first-order valence-corrected chi connectivity index (χ1v) is 8.88. The minimum Gasteiger partial charge on any atom is -0.478 e. The Morgan fingerprint density at radius 2 is 1.72 bits per heavy atom. The van der Waals surface area contributed by atoms with Gasteiger partial charge in [0, 0.05) is 31.2 Å². The van der Waals surface area contributed by atoms with E-state index in [2.05, 4.69) is 20.9 Å². The van der Waals surface area contributed by atoms with E-state index in [1.54, 1.807) is 31.2 Å². The molecule has 0 saturated heterocycles. The number of halogens is 3. The number of carbonyl (C=O) groups is 1. The van der Waals surface area contributed by atoms with E-state index in [4.69, 9.17) is 23.2 Å². The van der Waals surface area contributed by atoms with Crippen molar-refractivity contribution in [2.45, 2.75) is 6.92 Å². The number of nitrogens with zero attached hydrogens (tertiary/aromatic N) is 1. The standard InChI is InChI=1S/C19H12BrCl2NO2/c1-10-15(19(24)25)9-16(14-7-6-13(21)8-17(14)22)18(23-10)11-2-4-12(20)5-3-11/h2-9H,1H3,(H,24,25). The van der Waals surface area contributed by atoms with Crippen LogP contribution in [0.25, 0.3) is 22.4 Å². The van der Waals surface area contributed by atoms with Gasteiger partial charge in [-0.15, -0.1) is 0 Å². The van der Waals surface area contributed by atoms with Crippen LogP contribution >= 0.6 is 39.1 Å². The van der Waals surface area contributed by atoms with Crippen molar-refractivity contribution >= 4 is 45.1 Å². The first-order chi connectivity index (χ1) is 11.9. The van der Waals surface area contributed by atoms with Gasteiger partial charge < -0.3 is 5.11 Å². The van der Waals surface area contributed by atoms with Gasteiger partial charge in [-0.05, 0) is 37.3 Å². The molecule has 3 aromatic rings. The average Bonchev–Trinajstić information content (AvgIpc) is 2.55. The molecule has 0 aliphatic heterocycles. The summed E-state index contributed by atoms with van der Waals surface area (Å²) in [6.07, 6.45) is 0. The third-order valence-electron chi connectivity index (χ3n) is 3.78. The molecule has 3 rings (SSSR count). The molecule has 126 valence electrons. The van der Waals surface area contributed by atoms with Gasteiger partial charge in [-0.1, -0.05) is 57.3 Å². The van der Waals surface area contributed by atoms with Gasteiger partial charge in [-0.2, -0.15) is 0 Å². The number of aromatic nitrogens is 1. The van der Waals surface area contributed by atoms with Crippen molar-refractivity contribution in [3.05, 3.63) is 74.3 Å². The average molecular weight is 437 g/mol. The van der Waals surface area contributed by atoms with Crippen LogP contribution in [0.15, 0.2) is 53.0 Å². The number of carboxylic acid groups (broad SMARTS) is 1. The highest BCUT2D eigenvalue weighted by atomic mass is 79.9.